The summed E-state index contributed by atoms with van der Waals surface area (Å²) < 4.78 is 5.01. The SMILES string of the molecule is CNC(=O)c1nc(CN2CCC[C@H]2c2nc3ccc(C)cc3[nH]2)no1. The first-order valence-electron chi connectivity index (χ1n) is 8.39. The third-order valence-electron chi connectivity index (χ3n) is 4.57. The smallest absolute Gasteiger partial charge is 0.315 e. The van der Waals surface area contributed by atoms with Gasteiger partial charge in [0.25, 0.3) is 0 Å². The summed E-state index contributed by atoms with van der Waals surface area (Å²) in [4.78, 5) is 26.2. The minimum Gasteiger partial charge on any atom is -0.351 e. The van der Waals surface area contributed by atoms with Crippen LogP contribution in [0.5, 0.6) is 0 Å². The maximum atomic E-state index is 11.5. The van der Waals surface area contributed by atoms with Crippen molar-refractivity contribution < 1.29 is 9.32 Å². The number of nitrogens with zero attached hydrogens (tertiary/aromatic N) is 4. The highest BCUT2D eigenvalue weighted by atomic mass is 16.5. The van der Waals surface area contributed by atoms with Crippen LogP contribution in [0, 0.1) is 6.92 Å². The second-order valence-corrected chi connectivity index (χ2v) is 6.37. The molecule has 1 fully saturated rings. The van der Waals surface area contributed by atoms with Crippen molar-refractivity contribution in [2.24, 2.45) is 0 Å². The molecule has 8 heteroatoms. The molecule has 0 bridgehead atoms. The van der Waals surface area contributed by atoms with E-state index >= 15 is 0 Å². The lowest BCUT2D eigenvalue weighted by Gasteiger charge is -2.20. The largest absolute Gasteiger partial charge is 0.351 e. The molecular weight excluding hydrogens is 320 g/mol. The van der Waals surface area contributed by atoms with E-state index in [-0.39, 0.29) is 17.8 Å². The number of hydrogen-bond acceptors (Lipinski definition) is 6. The van der Waals surface area contributed by atoms with Crippen LogP contribution >= 0.6 is 0 Å². The molecule has 0 aliphatic carbocycles. The van der Waals surface area contributed by atoms with E-state index in [9.17, 15) is 4.79 Å². The molecule has 3 heterocycles. The van der Waals surface area contributed by atoms with Gasteiger partial charge in [0.2, 0.25) is 0 Å². The molecule has 3 aromatic rings. The predicted octanol–water partition coefficient (Wildman–Crippen LogP) is 1.95. The first kappa shape index (κ1) is 15.8. The number of aromatic amines is 1. The zero-order valence-corrected chi connectivity index (χ0v) is 14.2. The van der Waals surface area contributed by atoms with Crippen LogP contribution in [0.1, 0.15) is 46.8 Å². The van der Waals surface area contributed by atoms with E-state index in [0.29, 0.717) is 12.4 Å². The maximum absolute atomic E-state index is 11.5. The molecule has 4 rings (SSSR count). The van der Waals surface area contributed by atoms with Crippen molar-refractivity contribution in [3.05, 3.63) is 41.3 Å². The maximum Gasteiger partial charge on any atom is 0.315 e. The number of carbonyl (C=O) groups excluding carboxylic acids is 1. The third-order valence-corrected chi connectivity index (χ3v) is 4.57. The number of amides is 1. The molecule has 1 aliphatic rings. The number of aromatic nitrogens is 4. The zero-order chi connectivity index (χ0) is 17.4. The Morgan fingerprint density at radius 2 is 2.32 bits per heavy atom. The molecule has 0 saturated carbocycles. The van der Waals surface area contributed by atoms with Gasteiger partial charge in [0.05, 0.1) is 23.6 Å². The Bertz CT molecular complexity index is 915. The fourth-order valence-electron chi connectivity index (χ4n) is 3.33. The highest BCUT2D eigenvalue weighted by molar-refractivity contribution is 5.89. The average Bonchev–Trinajstić information content (AvgIpc) is 3.32. The Kier molecular flexibility index (Phi) is 3.96. The van der Waals surface area contributed by atoms with Gasteiger partial charge in [0.1, 0.15) is 5.82 Å². The number of nitrogens with one attached hydrogen (secondary N) is 2. The summed E-state index contributed by atoms with van der Waals surface area (Å²) in [5.41, 5.74) is 3.25. The van der Waals surface area contributed by atoms with Crippen LogP contribution in [0.3, 0.4) is 0 Å². The second-order valence-electron chi connectivity index (χ2n) is 6.37. The molecule has 2 N–H and O–H groups in total. The molecular formula is C17H20N6O2. The van der Waals surface area contributed by atoms with Crippen LogP contribution in [0.25, 0.3) is 11.0 Å². The Morgan fingerprint density at radius 3 is 3.16 bits per heavy atom. The predicted molar refractivity (Wildman–Crippen MR) is 90.9 cm³/mol. The lowest BCUT2D eigenvalue weighted by molar-refractivity contribution is 0.0919. The third kappa shape index (κ3) is 3.00. The fourth-order valence-corrected chi connectivity index (χ4v) is 3.33. The van der Waals surface area contributed by atoms with Crippen molar-refractivity contribution in [3.8, 4) is 0 Å². The summed E-state index contributed by atoms with van der Waals surface area (Å²) in [6.45, 7) is 3.54. The van der Waals surface area contributed by atoms with Crippen LogP contribution in [-0.2, 0) is 6.54 Å². The average molecular weight is 340 g/mol. The van der Waals surface area contributed by atoms with Crippen molar-refractivity contribution in [3.63, 3.8) is 0 Å². The minimum absolute atomic E-state index is 0.00698. The van der Waals surface area contributed by atoms with Gasteiger partial charge in [-0.1, -0.05) is 11.2 Å². The van der Waals surface area contributed by atoms with Gasteiger partial charge in [-0.05, 0) is 44.0 Å². The van der Waals surface area contributed by atoms with Gasteiger partial charge in [0, 0.05) is 7.05 Å². The molecule has 1 aliphatic heterocycles. The number of likely N-dealkylation sites (tertiary alicyclic amines) is 1. The standard InChI is InChI=1S/C17H20N6O2/c1-10-5-6-11-12(8-10)20-15(19-11)13-4-3-7-23(13)9-14-21-17(25-22-14)16(24)18-2/h5-6,8,13H,3-4,7,9H2,1-2H3,(H,18,24)(H,19,20)/t13-/m0/s1. The monoisotopic (exact) mass is 340 g/mol. The molecule has 0 unspecified atom stereocenters. The zero-order valence-electron chi connectivity index (χ0n) is 14.2. The quantitative estimate of drug-likeness (QED) is 0.753. The molecule has 1 aromatic carbocycles. The Labute approximate surface area is 144 Å². The topological polar surface area (TPSA) is 99.9 Å². The van der Waals surface area contributed by atoms with Gasteiger partial charge in [-0.15, -0.1) is 0 Å². The molecule has 0 spiro atoms. The van der Waals surface area contributed by atoms with Crippen molar-refractivity contribution >= 4 is 16.9 Å². The van der Waals surface area contributed by atoms with E-state index in [0.717, 1.165) is 36.2 Å². The van der Waals surface area contributed by atoms with Crippen molar-refractivity contribution in [1.29, 1.82) is 0 Å². The molecule has 130 valence electrons. The summed E-state index contributed by atoms with van der Waals surface area (Å²) in [6, 6.07) is 6.41. The molecule has 1 saturated heterocycles. The highest BCUT2D eigenvalue weighted by Crippen LogP contribution is 2.32. The van der Waals surface area contributed by atoms with Gasteiger partial charge in [-0.3, -0.25) is 9.69 Å². The minimum atomic E-state index is -0.371. The molecule has 1 amide bonds. The molecule has 1 atom stereocenters. The van der Waals surface area contributed by atoms with Crippen LogP contribution in [0.15, 0.2) is 22.7 Å². The van der Waals surface area contributed by atoms with Crippen LogP contribution < -0.4 is 5.32 Å². The summed E-state index contributed by atoms with van der Waals surface area (Å²) in [5.74, 6) is 1.10. The lowest BCUT2D eigenvalue weighted by atomic mass is 10.2. The van der Waals surface area contributed by atoms with Gasteiger partial charge in [-0.25, -0.2) is 4.98 Å². The number of hydrogen-bond donors (Lipinski definition) is 2. The van der Waals surface area contributed by atoms with E-state index in [1.165, 1.54) is 12.6 Å². The highest BCUT2D eigenvalue weighted by Gasteiger charge is 2.30. The van der Waals surface area contributed by atoms with E-state index < -0.39 is 0 Å². The second kappa shape index (κ2) is 6.29. The summed E-state index contributed by atoms with van der Waals surface area (Å²) in [5, 5.41) is 6.39. The molecule has 2 aromatic heterocycles. The number of rotatable bonds is 4. The van der Waals surface area contributed by atoms with E-state index in [1.54, 1.807) is 0 Å². The molecule has 25 heavy (non-hydrogen) atoms. The normalized spacial score (nSPS) is 18.1. The van der Waals surface area contributed by atoms with E-state index in [2.05, 4.69) is 44.4 Å². The van der Waals surface area contributed by atoms with Gasteiger partial charge in [-0.2, -0.15) is 4.98 Å². The van der Waals surface area contributed by atoms with E-state index in [1.807, 2.05) is 6.07 Å². The number of H-pyrrole nitrogens is 1. The number of benzene rings is 1. The number of aryl methyl sites for hydroxylation is 1. The van der Waals surface area contributed by atoms with Crippen molar-refractivity contribution in [1.82, 2.24) is 30.3 Å². The lowest BCUT2D eigenvalue weighted by Crippen LogP contribution is -2.24. The number of fused-ring (bicyclic) bond motifs is 1. The Hall–Kier alpha value is -2.74. The molecule has 8 nitrogen and oxygen atoms in total. The van der Waals surface area contributed by atoms with Crippen LogP contribution in [-0.4, -0.2) is 44.5 Å². The van der Waals surface area contributed by atoms with Gasteiger partial charge < -0.3 is 14.8 Å². The summed E-state index contributed by atoms with van der Waals surface area (Å²) in [6.07, 6.45) is 2.11. The van der Waals surface area contributed by atoms with Gasteiger partial charge in [0.15, 0.2) is 5.82 Å². The van der Waals surface area contributed by atoms with Crippen LogP contribution in [0.2, 0.25) is 0 Å². The van der Waals surface area contributed by atoms with Gasteiger partial charge >= 0.3 is 11.8 Å². The first-order valence-corrected chi connectivity index (χ1v) is 8.39. The first-order chi connectivity index (χ1) is 12.1. The van der Waals surface area contributed by atoms with Crippen molar-refractivity contribution in [2.75, 3.05) is 13.6 Å². The van der Waals surface area contributed by atoms with Crippen molar-refractivity contribution in [2.45, 2.75) is 32.4 Å². The summed E-state index contributed by atoms with van der Waals surface area (Å²) in [7, 11) is 1.53. The Morgan fingerprint density at radius 1 is 1.44 bits per heavy atom. The van der Waals surface area contributed by atoms with Crippen LogP contribution in [0.4, 0.5) is 0 Å². The molecule has 0 radical (unpaired) electrons. The Balaban J connectivity index is 1.55. The number of carbonyl (C=O) groups is 1. The summed E-state index contributed by atoms with van der Waals surface area (Å²) >= 11 is 0. The number of imidazole rings is 1. The van der Waals surface area contributed by atoms with E-state index in [4.69, 9.17) is 9.51 Å². The fraction of sp³-hybridized carbons (Fsp3) is 0.412.